The van der Waals surface area contributed by atoms with Crippen LogP contribution in [0.5, 0.6) is 0 Å². The van der Waals surface area contributed by atoms with Crippen molar-refractivity contribution in [3.63, 3.8) is 0 Å². The standard InChI is InChI=1S/C46H33N3/c1-6-16-36(17-7-1)43-44(37-18-8-2-9-19-37)48-46(45(47-43)38-20-10-3-11-21-38)39-28-26-34(27-29-39)35-30-32-42(33-31-35)49(40-22-12-4-13-23-40)41-24-14-5-15-25-41/h1-33H. The largest absolute Gasteiger partial charge is 0.311 e. The lowest BCUT2D eigenvalue weighted by Gasteiger charge is -2.25. The number of aromatic nitrogens is 2. The van der Waals surface area contributed by atoms with E-state index in [0.29, 0.717) is 0 Å². The quantitative estimate of drug-likeness (QED) is 0.168. The van der Waals surface area contributed by atoms with Crippen LogP contribution in [0.1, 0.15) is 0 Å². The zero-order chi connectivity index (χ0) is 32.8. The second-order valence-electron chi connectivity index (χ2n) is 11.8. The van der Waals surface area contributed by atoms with Crippen LogP contribution < -0.4 is 4.90 Å². The Morgan fingerprint density at radius 3 is 0.816 bits per heavy atom. The van der Waals surface area contributed by atoms with Gasteiger partial charge in [-0.2, -0.15) is 0 Å². The van der Waals surface area contributed by atoms with Crippen LogP contribution >= 0.6 is 0 Å². The molecule has 8 aromatic rings. The van der Waals surface area contributed by atoms with Gasteiger partial charge in [0.2, 0.25) is 0 Å². The van der Waals surface area contributed by atoms with Crippen molar-refractivity contribution in [2.75, 3.05) is 4.90 Å². The number of anilines is 3. The van der Waals surface area contributed by atoms with E-state index in [0.717, 1.165) is 73.2 Å². The Labute approximate surface area is 287 Å². The summed E-state index contributed by atoms with van der Waals surface area (Å²) in [5.41, 5.74) is 13.2. The second-order valence-corrected chi connectivity index (χ2v) is 11.8. The third kappa shape index (κ3) is 6.26. The molecule has 8 rings (SSSR count). The average Bonchev–Trinajstić information content (AvgIpc) is 3.20. The number of rotatable bonds is 8. The predicted octanol–water partition coefficient (Wildman–Crippen LogP) is 12.3. The van der Waals surface area contributed by atoms with Crippen molar-refractivity contribution in [3.05, 3.63) is 200 Å². The zero-order valence-corrected chi connectivity index (χ0v) is 26.9. The van der Waals surface area contributed by atoms with E-state index in [9.17, 15) is 0 Å². The van der Waals surface area contributed by atoms with E-state index in [2.05, 4.69) is 163 Å². The van der Waals surface area contributed by atoms with Crippen LogP contribution in [0.4, 0.5) is 17.1 Å². The number of benzene rings is 7. The Morgan fingerprint density at radius 1 is 0.224 bits per heavy atom. The molecule has 1 aromatic heterocycles. The lowest BCUT2D eigenvalue weighted by Crippen LogP contribution is -2.09. The Kier molecular flexibility index (Phi) is 8.30. The molecule has 0 spiro atoms. The number of hydrogen-bond donors (Lipinski definition) is 0. The first kappa shape index (κ1) is 29.8. The van der Waals surface area contributed by atoms with Gasteiger partial charge in [-0.1, -0.05) is 164 Å². The Bertz CT molecular complexity index is 2230. The first-order valence-electron chi connectivity index (χ1n) is 16.5. The third-order valence-corrected chi connectivity index (χ3v) is 8.68. The Balaban J connectivity index is 1.19. The molecule has 0 bridgehead atoms. The van der Waals surface area contributed by atoms with Crippen molar-refractivity contribution in [2.45, 2.75) is 0 Å². The molecule has 232 valence electrons. The molecule has 0 saturated carbocycles. The minimum atomic E-state index is 0.855. The Morgan fingerprint density at radius 2 is 0.469 bits per heavy atom. The molecule has 1 heterocycles. The van der Waals surface area contributed by atoms with Crippen LogP contribution in [-0.2, 0) is 0 Å². The van der Waals surface area contributed by atoms with Gasteiger partial charge in [-0.25, -0.2) is 9.97 Å². The fourth-order valence-electron chi connectivity index (χ4n) is 6.25. The number of hydrogen-bond acceptors (Lipinski definition) is 3. The molecule has 3 heteroatoms. The minimum absolute atomic E-state index is 0.855. The summed E-state index contributed by atoms with van der Waals surface area (Å²) in [4.78, 5) is 13.0. The van der Waals surface area contributed by atoms with Crippen LogP contribution in [0.25, 0.3) is 56.2 Å². The molecule has 0 aliphatic heterocycles. The van der Waals surface area contributed by atoms with Gasteiger partial charge in [-0.15, -0.1) is 0 Å². The summed E-state index contributed by atoms with van der Waals surface area (Å²) in [5.74, 6) is 0. The fraction of sp³-hybridized carbons (Fsp3) is 0. The summed E-state index contributed by atoms with van der Waals surface area (Å²) >= 11 is 0. The molecule has 0 atom stereocenters. The van der Waals surface area contributed by atoms with Gasteiger partial charge in [-0.05, 0) is 47.5 Å². The van der Waals surface area contributed by atoms with Gasteiger partial charge in [0.25, 0.3) is 0 Å². The predicted molar refractivity (Wildman–Crippen MR) is 204 cm³/mol. The zero-order valence-electron chi connectivity index (χ0n) is 26.9. The molecule has 49 heavy (non-hydrogen) atoms. The van der Waals surface area contributed by atoms with E-state index < -0.39 is 0 Å². The second kappa shape index (κ2) is 13.6. The van der Waals surface area contributed by atoms with Gasteiger partial charge < -0.3 is 4.90 Å². The minimum Gasteiger partial charge on any atom is -0.311 e. The van der Waals surface area contributed by atoms with Crippen LogP contribution in [0.15, 0.2) is 200 Å². The Hall–Kier alpha value is -6.58. The number of para-hydroxylation sites is 2. The highest BCUT2D eigenvalue weighted by Crippen LogP contribution is 2.39. The summed E-state index contributed by atoms with van der Waals surface area (Å²) in [6.45, 7) is 0. The first-order valence-corrected chi connectivity index (χ1v) is 16.5. The van der Waals surface area contributed by atoms with Crippen LogP contribution in [0.3, 0.4) is 0 Å². The van der Waals surface area contributed by atoms with E-state index in [1.807, 2.05) is 42.5 Å². The van der Waals surface area contributed by atoms with E-state index in [-0.39, 0.29) is 0 Å². The molecule has 3 nitrogen and oxygen atoms in total. The summed E-state index contributed by atoms with van der Waals surface area (Å²) in [6.07, 6.45) is 0. The number of nitrogens with zero attached hydrogens (tertiary/aromatic N) is 3. The van der Waals surface area contributed by atoms with Crippen LogP contribution in [-0.4, -0.2) is 9.97 Å². The highest BCUT2D eigenvalue weighted by Gasteiger charge is 2.19. The molecule has 0 unspecified atom stereocenters. The highest BCUT2D eigenvalue weighted by atomic mass is 15.1. The SMILES string of the molecule is c1ccc(-c2nc(-c3ccccc3)c(-c3ccc(-c4ccc(N(c5ccccc5)c5ccccc5)cc4)cc3)nc2-c2ccccc2)cc1. The molecule has 0 fully saturated rings. The van der Waals surface area contributed by atoms with Crippen molar-refractivity contribution in [1.29, 1.82) is 0 Å². The van der Waals surface area contributed by atoms with Gasteiger partial charge in [-0.3, -0.25) is 0 Å². The van der Waals surface area contributed by atoms with E-state index in [1.54, 1.807) is 0 Å². The van der Waals surface area contributed by atoms with Crippen molar-refractivity contribution in [2.24, 2.45) is 0 Å². The summed E-state index contributed by atoms with van der Waals surface area (Å²) in [7, 11) is 0. The van der Waals surface area contributed by atoms with Gasteiger partial charge in [0, 0.05) is 39.3 Å². The molecule has 7 aromatic carbocycles. The normalized spacial score (nSPS) is 10.9. The molecular formula is C46H33N3. The third-order valence-electron chi connectivity index (χ3n) is 8.68. The topological polar surface area (TPSA) is 29.0 Å². The fourth-order valence-corrected chi connectivity index (χ4v) is 6.25. The van der Waals surface area contributed by atoms with E-state index in [1.165, 1.54) is 0 Å². The molecule has 0 N–H and O–H groups in total. The molecule has 0 aliphatic carbocycles. The lowest BCUT2D eigenvalue weighted by atomic mass is 9.97. The molecule has 0 aliphatic rings. The average molecular weight is 628 g/mol. The smallest absolute Gasteiger partial charge is 0.0973 e. The van der Waals surface area contributed by atoms with Gasteiger partial charge in [0.15, 0.2) is 0 Å². The van der Waals surface area contributed by atoms with Gasteiger partial charge in [0.1, 0.15) is 0 Å². The van der Waals surface area contributed by atoms with Crippen LogP contribution in [0.2, 0.25) is 0 Å². The van der Waals surface area contributed by atoms with E-state index >= 15 is 0 Å². The van der Waals surface area contributed by atoms with Crippen molar-refractivity contribution in [3.8, 4) is 56.2 Å². The summed E-state index contributed by atoms with van der Waals surface area (Å²) < 4.78 is 0. The van der Waals surface area contributed by atoms with E-state index in [4.69, 9.17) is 9.97 Å². The van der Waals surface area contributed by atoms with Crippen molar-refractivity contribution >= 4 is 17.1 Å². The lowest BCUT2D eigenvalue weighted by molar-refractivity contribution is 1.21. The maximum absolute atomic E-state index is 5.39. The summed E-state index contributed by atoms with van der Waals surface area (Å²) in [5, 5.41) is 0. The van der Waals surface area contributed by atoms with Gasteiger partial charge >= 0.3 is 0 Å². The van der Waals surface area contributed by atoms with Crippen LogP contribution in [0, 0.1) is 0 Å². The summed E-state index contributed by atoms with van der Waals surface area (Å²) in [6, 6.07) is 69.5. The first-order chi connectivity index (χ1) is 24.3. The maximum Gasteiger partial charge on any atom is 0.0973 e. The van der Waals surface area contributed by atoms with Crippen molar-refractivity contribution in [1.82, 2.24) is 9.97 Å². The molecular weight excluding hydrogens is 595 g/mol. The monoisotopic (exact) mass is 627 g/mol. The highest BCUT2D eigenvalue weighted by molar-refractivity contribution is 5.87. The maximum atomic E-state index is 5.39. The molecule has 0 amide bonds. The molecule has 0 radical (unpaired) electrons. The van der Waals surface area contributed by atoms with Crippen molar-refractivity contribution < 1.29 is 0 Å². The van der Waals surface area contributed by atoms with Gasteiger partial charge in [0.05, 0.1) is 22.8 Å². The molecule has 0 saturated heterocycles.